The van der Waals surface area contributed by atoms with Crippen LogP contribution >= 0.6 is 0 Å². The smallest absolute Gasteiger partial charge is 0.191 e. The van der Waals surface area contributed by atoms with Crippen molar-refractivity contribution in [3.63, 3.8) is 0 Å². The predicted molar refractivity (Wildman–Crippen MR) is 110 cm³/mol. The van der Waals surface area contributed by atoms with Crippen molar-refractivity contribution < 1.29 is 9.15 Å². The first-order chi connectivity index (χ1) is 13.7. The fraction of sp³-hybridized carbons (Fsp3) is 0.619. The van der Waals surface area contributed by atoms with Crippen molar-refractivity contribution in [3.8, 4) is 0 Å². The number of hydrogen-bond acceptors (Lipinski definition) is 4. The van der Waals surface area contributed by atoms with E-state index in [0.717, 1.165) is 69.2 Å². The van der Waals surface area contributed by atoms with E-state index in [1.54, 1.807) is 6.26 Å². The molecule has 1 fully saturated rings. The summed E-state index contributed by atoms with van der Waals surface area (Å²) in [7, 11) is 2.02. The van der Waals surface area contributed by atoms with Gasteiger partial charge in [0.1, 0.15) is 5.76 Å². The first-order valence-electron chi connectivity index (χ1n) is 10.4. The lowest BCUT2D eigenvalue weighted by molar-refractivity contribution is 0.114. The number of aliphatic imine (C=N–C) groups is 1. The minimum Gasteiger partial charge on any atom is -0.469 e. The minimum atomic E-state index is 0.271. The number of ether oxygens (including phenoxy) is 1. The van der Waals surface area contributed by atoms with Gasteiger partial charge in [-0.05, 0) is 37.8 Å². The van der Waals surface area contributed by atoms with E-state index in [9.17, 15) is 0 Å². The summed E-state index contributed by atoms with van der Waals surface area (Å²) in [6, 6.07) is 3.91. The molecule has 0 aliphatic carbocycles. The second-order valence-corrected chi connectivity index (χ2v) is 7.14. The topological polar surface area (TPSA) is 76.6 Å². The SMILES string of the molecule is CCc1nn(C)c(CC)c1CN=C(NCCc1ccco1)NCC1CCCO1. The van der Waals surface area contributed by atoms with Crippen LogP contribution in [0.25, 0.3) is 0 Å². The average Bonchev–Trinajstić information content (AvgIpc) is 3.45. The molecule has 1 aliphatic rings. The van der Waals surface area contributed by atoms with Crippen molar-refractivity contribution >= 4 is 5.96 Å². The van der Waals surface area contributed by atoms with Crippen molar-refractivity contribution in [2.45, 2.75) is 58.6 Å². The van der Waals surface area contributed by atoms with Gasteiger partial charge in [0.15, 0.2) is 5.96 Å². The summed E-state index contributed by atoms with van der Waals surface area (Å²) in [5, 5.41) is 11.5. The van der Waals surface area contributed by atoms with E-state index >= 15 is 0 Å². The predicted octanol–water partition coefficient (Wildman–Crippen LogP) is 2.59. The molecule has 1 aliphatic heterocycles. The second-order valence-electron chi connectivity index (χ2n) is 7.14. The summed E-state index contributed by atoms with van der Waals surface area (Å²) in [6.45, 7) is 7.34. The monoisotopic (exact) mass is 387 g/mol. The zero-order valence-electron chi connectivity index (χ0n) is 17.3. The van der Waals surface area contributed by atoms with Gasteiger partial charge in [0.05, 0.1) is 24.6 Å². The summed E-state index contributed by atoms with van der Waals surface area (Å²) in [5.74, 6) is 1.79. The molecule has 3 heterocycles. The molecule has 1 atom stereocenters. The van der Waals surface area contributed by atoms with Crippen molar-refractivity contribution in [1.82, 2.24) is 20.4 Å². The number of nitrogens with zero attached hydrogens (tertiary/aromatic N) is 3. The van der Waals surface area contributed by atoms with Crippen LogP contribution in [0, 0.1) is 0 Å². The first kappa shape index (κ1) is 20.5. The zero-order valence-corrected chi connectivity index (χ0v) is 17.3. The summed E-state index contributed by atoms with van der Waals surface area (Å²) in [5.41, 5.74) is 3.64. The Morgan fingerprint density at radius 2 is 2.21 bits per heavy atom. The highest BCUT2D eigenvalue weighted by atomic mass is 16.5. The van der Waals surface area contributed by atoms with Crippen LogP contribution in [0.3, 0.4) is 0 Å². The lowest BCUT2D eigenvalue weighted by atomic mass is 10.1. The molecule has 0 bridgehead atoms. The van der Waals surface area contributed by atoms with Gasteiger partial charge in [0.25, 0.3) is 0 Å². The first-order valence-corrected chi connectivity index (χ1v) is 10.4. The third kappa shape index (κ3) is 5.38. The molecule has 0 spiro atoms. The molecule has 2 N–H and O–H groups in total. The molecule has 3 rings (SSSR count). The van der Waals surface area contributed by atoms with Gasteiger partial charge in [-0.3, -0.25) is 4.68 Å². The highest BCUT2D eigenvalue weighted by molar-refractivity contribution is 5.79. The van der Waals surface area contributed by atoms with Crippen molar-refractivity contribution in [3.05, 3.63) is 41.1 Å². The van der Waals surface area contributed by atoms with Crippen LogP contribution in [0.15, 0.2) is 27.8 Å². The molecule has 2 aromatic rings. The highest BCUT2D eigenvalue weighted by Crippen LogP contribution is 2.16. The summed E-state index contributed by atoms with van der Waals surface area (Å²) < 4.78 is 13.1. The standard InChI is InChI=1S/C21H33N5O2/c1-4-19-18(20(5-2)26(3)25-19)15-24-21(23-14-17-9-7-13-28-17)22-11-10-16-8-6-12-27-16/h6,8,12,17H,4-5,7,9-11,13-15H2,1-3H3,(H2,22,23,24). The number of hydrogen-bond donors (Lipinski definition) is 2. The van der Waals surface area contributed by atoms with E-state index in [1.165, 1.54) is 11.3 Å². The Hall–Kier alpha value is -2.28. The molecular weight excluding hydrogens is 354 g/mol. The number of rotatable bonds is 9. The lowest BCUT2D eigenvalue weighted by Crippen LogP contribution is -2.42. The Balaban J connectivity index is 1.65. The number of aryl methyl sites for hydroxylation is 2. The van der Waals surface area contributed by atoms with Crippen LogP contribution in [0.2, 0.25) is 0 Å². The molecule has 0 saturated carbocycles. The fourth-order valence-corrected chi connectivity index (χ4v) is 3.68. The van der Waals surface area contributed by atoms with Gasteiger partial charge in [0, 0.05) is 44.4 Å². The molecule has 1 unspecified atom stereocenters. The van der Waals surface area contributed by atoms with E-state index in [4.69, 9.17) is 14.1 Å². The Kier molecular flexibility index (Phi) is 7.54. The van der Waals surface area contributed by atoms with E-state index in [2.05, 4.69) is 29.6 Å². The molecular formula is C21H33N5O2. The molecule has 0 aromatic carbocycles. The van der Waals surface area contributed by atoms with E-state index < -0.39 is 0 Å². The summed E-state index contributed by atoms with van der Waals surface area (Å²) in [4.78, 5) is 4.86. The minimum absolute atomic E-state index is 0.271. The highest BCUT2D eigenvalue weighted by Gasteiger charge is 2.16. The fourth-order valence-electron chi connectivity index (χ4n) is 3.68. The molecule has 7 nitrogen and oxygen atoms in total. The Bertz CT molecular complexity index is 745. The molecule has 7 heteroatoms. The van der Waals surface area contributed by atoms with Crippen LogP contribution in [0.4, 0.5) is 0 Å². The molecule has 0 radical (unpaired) electrons. The number of aromatic nitrogens is 2. The number of furan rings is 1. The summed E-state index contributed by atoms with van der Waals surface area (Å²) in [6.07, 6.45) is 6.92. The van der Waals surface area contributed by atoms with Crippen LogP contribution in [-0.2, 0) is 37.6 Å². The van der Waals surface area contributed by atoms with Crippen molar-refractivity contribution in [2.75, 3.05) is 19.7 Å². The zero-order chi connectivity index (χ0) is 19.8. The van der Waals surface area contributed by atoms with E-state index in [-0.39, 0.29) is 6.10 Å². The van der Waals surface area contributed by atoms with E-state index in [0.29, 0.717) is 6.54 Å². The molecule has 28 heavy (non-hydrogen) atoms. The Morgan fingerprint density at radius 1 is 1.32 bits per heavy atom. The van der Waals surface area contributed by atoms with Crippen molar-refractivity contribution in [2.24, 2.45) is 12.0 Å². The normalized spacial score (nSPS) is 17.2. The van der Waals surface area contributed by atoms with Crippen molar-refractivity contribution in [1.29, 1.82) is 0 Å². The van der Waals surface area contributed by atoms with Gasteiger partial charge in [-0.15, -0.1) is 0 Å². The quantitative estimate of drug-likeness (QED) is 0.511. The summed E-state index contributed by atoms with van der Waals surface area (Å²) >= 11 is 0. The second kappa shape index (κ2) is 10.3. The van der Waals surface area contributed by atoms with Gasteiger partial charge in [-0.25, -0.2) is 4.99 Å². The van der Waals surface area contributed by atoms with Crippen LogP contribution in [-0.4, -0.2) is 41.5 Å². The maximum absolute atomic E-state index is 5.73. The Morgan fingerprint density at radius 3 is 2.89 bits per heavy atom. The van der Waals surface area contributed by atoms with Crippen LogP contribution in [0.5, 0.6) is 0 Å². The molecule has 1 saturated heterocycles. The average molecular weight is 388 g/mol. The van der Waals surface area contributed by atoms with Gasteiger partial charge in [0.2, 0.25) is 0 Å². The number of guanidine groups is 1. The van der Waals surface area contributed by atoms with Crippen LogP contribution in [0.1, 0.15) is 49.4 Å². The molecule has 0 amide bonds. The van der Waals surface area contributed by atoms with Gasteiger partial charge < -0.3 is 19.8 Å². The van der Waals surface area contributed by atoms with Gasteiger partial charge >= 0.3 is 0 Å². The third-order valence-electron chi connectivity index (χ3n) is 5.19. The van der Waals surface area contributed by atoms with Gasteiger partial charge in [-0.1, -0.05) is 13.8 Å². The third-order valence-corrected chi connectivity index (χ3v) is 5.19. The van der Waals surface area contributed by atoms with Crippen LogP contribution < -0.4 is 10.6 Å². The molecule has 2 aromatic heterocycles. The van der Waals surface area contributed by atoms with E-state index in [1.807, 2.05) is 23.9 Å². The Labute approximate surface area is 167 Å². The van der Waals surface area contributed by atoms with Gasteiger partial charge in [-0.2, -0.15) is 5.10 Å². The lowest BCUT2D eigenvalue weighted by Gasteiger charge is -2.15. The maximum Gasteiger partial charge on any atom is 0.191 e. The largest absolute Gasteiger partial charge is 0.469 e. The maximum atomic E-state index is 5.73. The molecule has 154 valence electrons. The number of nitrogens with one attached hydrogen (secondary N) is 2.